The van der Waals surface area contributed by atoms with Crippen molar-refractivity contribution in [2.75, 3.05) is 26.2 Å². The molecule has 0 saturated heterocycles. The van der Waals surface area contributed by atoms with Crippen molar-refractivity contribution >= 4 is 11.9 Å². The van der Waals surface area contributed by atoms with Gasteiger partial charge in [0.05, 0.1) is 6.04 Å². The van der Waals surface area contributed by atoms with Gasteiger partial charge in [-0.3, -0.25) is 4.79 Å². The number of amides is 3. The first-order valence-electron chi connectivity index (χ1n) is 10.1. The molecule has 1 aromatic heterocycles. The Morgan fingerprint density at radius 1 is 1.21 bits per heavy atom. The molecule has 0 saturated carbocycles. The molecule has 156 valence electrons. The fraction of sp³-hybridized carbons (Fsp3) is 0.455. The van der Waals surface area contributed by atoms with Crippen LogP contribution in [0.25, 0.3) is 0 Å². The molecule has 3 amide bonds. The molecule has 0 aliphatic carbocycles. The van der Waals surface area contributed by atoms with Crippen LogP contribution < -0.4 is 5.32 Å². The van der Waals surface area contributed by atoms with Gasteiger partial charge in [0.2, 0.25) is 5.91 Å². The van der Waals surface area contributed by atoms with E-state index in [0.717, 1.165) is 11.3 Å². The highest BCUT2D eigenvalue weighted by molar-refractivity contribution is 5.84. The molecule has 0 bridgehead atoms. The number of carbonyl (C=O) groups excluding carboxylic acids is 2. The monoisotopic (exact) mass is 400 g/mol. The molecule has 1 aromatic carbocycles. The van der Waals surface area contributed by atoms with Crippen LogP contribution in [0.3, 0.4) is 0 Å². The van der Waals surface area contributed by atoms with E-state index in [2.05, 4.69) is 9.88 Å². The number of hydrogen-bond donors (Lipinski definition) is 1. The molecule has 2 heterocycles. The van der Waals surface area contributed by atoms with Crippen LogP contribution in [-0.2, 0) is 11.3 Å². The van der Waals surface area contributed by atoms with Crippen molar-refractivity contribution in [1.29, 1.82) is 0 Å². The molecule has 1 atom stereocenters. The summed E-state index contributed by atoms with van der Waals surface area (Å²) in [5.74, 6) is -0.173. The number of carbonyl (C=O) groups is 2. The largest absolute Gasteiger partial charge is 0.348 e. The Kier molecular flexibility index (Phi) is 6.56. The summed E-state index contributed by atoms with van der Waals surface area (Å²) in [6.45, 7) is 8.15. The zero-order valence-electron chi connectivity index (χ0n) is 17.3. The fourth-order valence-corrected chi connectivity index (χ4v) is 3.83. The van der Waals surface area contributed by atoms with Crippen LogP contribution in [0.1, 0.15) is 38.1 Å². The molecule has 0 fully saturated rings. The standard InChI is InChI=1S/C22H29FN4O2/c1-4-24-22(29)26(14-16(2)3)15-20(28)27-13-12-25-11-5-6-19(25)21(27)17-7-9-18(23)10-8-17/h5-11,16,21H,4,12-15H2,1-3H3,(H,24,29)/t21-/m0/s1. The summed E-state index contributed by atoms with van der Waals surface area (Å²) in [7, 11) is 0. The van der Waals surface area contributed by atoms with Gasteiger partial charge < -0.3 is 19.7 Å². The maximum Gasteiger partial charge on any atom is 0.317 e. The Morgan fingerprint density at radius 3 is 2.59 bits per heavy atom. The van der Waals surface area contributed by atoms with Crippen LogP contribution >= 0.6 is 0 Å². The van der Waals surface area contributed by atoms with Crippen molar-refractivity contribution in [2.45, 2.75) is 33.4 Å². The zero-order valence-corrected chi connectivity index (χ0v) is 17.3. The van der Waals surface area contributed by atoms with E-state index in [0.29, 0.717) is 26.2 Å². The third kappa shape index (κ3) is 4.78. The highest BCUT2D eigenvalue weighted by Crippen LogP contribution is 2.32. The molecule has 1 aliphatic heterocycles. The van der Waals surface area contributed by atoms with Gasteiger partial charge in [0.25, 0.3) is 0 Å². The minimum absolute atomic E-state index is 0.0163. The van der Waals surface area contributed by atoms with E-state index >= 15 is 0 Å². The van der Waals surface area contributed by atoms with Crippen LogP contribution in [-0.4, -0.2) is 52.5 Å². The molecular weight excluding hydrogens is 371 g/mol. The molecule has 2 aromatic rings. The van der Waals surface area contributed by atoms with E-state index in [1.807, 2.05) is 39.1 Å². The Balaban J connectivity index is 1.87. The minimum Gasteiger partial charge on any atom is -0.348 e. The average Bonchev–Trinajstić information content (AvgIpc) is 3.16. The Labute approximate surface area is 171 Å². The lowest BCUT2D eigenvalue weighted by Gasteiger charge is -2.38. The van der Waals surface area contributed by atoms with Crippen molar-refractivity contribution in [3.63, 3.8) is 0 Å². The quantitative estimate of drug-likeness (QED) is 0.809. The predicted molar refractivity (Wildman–Crippen MR) is 110 cm³/mol. The first-order valence-corrected chi connectivity index (χ1v) is 10.1. The number of nitrogens with one attached hydrogen (secondary N) is 1. The highest BCUT2D eigenvalue weighted by Gasteiger charge is 2.33. The van der Waals surface area contributed by atoms with Gasteiger partial charge in [0.1, 0.15) is 12.4 Å². The Morgan fingerprint density at radius 2 is 1.93 bits per heavy atom. The third-order valence-corrected chi connectivity index (χ3v) is 5.07. The van der Waals surface area contributed by atoms with Crippen LogP contribution in [0.2, 0.25) is 0 Å². The number of urea groups is 1. The first kappa shape index (κ1) is 20.9. The van der Waals surface area contributed by atoms with Crippen molar-refractivity contribution in [3.05, 3.63) is 59.7 Å². The van der Waals surface area contributed by atoms with Crippen molar-refractivity contribution in [1.82, 2.24) is 19.7 Å². The average molecular weight is 400 g/mol. The van der Waals surface area contributed by atoms with Crippen LogP contribution in [0.5, 0.6) is 0 Å². The number of halogens is 1. The van der Waals surface area contributed by atoms with Gasteiger partial charge in [-0.15, -0.1) is 0 Å². The van der Waals surface area contributed by atoms with Gasteiger partial charge >= 0.3 is 6.03 Å². The van der Waals surface area contributed by atoms with E-state index in [9.17, 15) is 14.0 Å². The lowest BCUT2D eigenvalue weighted by molar-refractivity contribution is -0.134. The molecule has 6 nitrogen and oxygen atoms in total. The van der Waals surface area contributed by atoms with E-state index in [1.165, 1.54) is 12.1 Å². The lowest BCUT2D eigenvalue weighted by Crippen LogP contribution is -2.50. The first-order chi connectivity index (χ1) is 13.9. The van der Waals surface area contributed by atoms with Crippen LogP contribution in [0.15, 0.2) is 42.6 Å². The smallest absolute Gasteiger partial charge is 0.317 e. The second-order valence-corrected chi connectivity index (χ2v) is 7.78. The molecular formula is C22H29FN4O2. The summed E-state index contributed by atoms with van der Waals surface area (Å²) in [5.41, 5.74) is 1.84. The van der Waals surface area contributed by atoms with Crippen molar-refractivity contribution in [3.8, 4) is 0 Å². The third-order valence-electron chi connectivity index (χ3n) is 5.07. The molecule has 29 heavy (non-hydrogen) atoms. The Bertz CT molecular complexity index is 847. The van der Waals surface area contributed by atoms with Gasteiger partial charge in [0, 0.05) is 38.1 Å². The SMILES string of the molecule is CCNC(=O)N(CC(=O)N1CCn2cccc2[C@@H]1c1ccc(F)cc1)CC(C)C. The number of benzene rings is 1. The number of fused-ring (bicyclic) bond motifs is 1. The number of hydrogen-bond acceptors (Lipinski definition) is 2. The van der Waals surface area contributed by atoms with Gasteiger partial charge in [0.15, 0.2) is 0 Å². The molecule has 0 spiro atoms. The molecule has 1 N–H and O–H groups in total. The normalized spacial score (nSPS) is 15.9. The maximum atomic E-state index is 13.5. The van der Waals surface area contributed by atoms with Crippen LogP contribution in [0.4, 0.5) is 9.18 Å². The highest BCUT2D eigenvalue weighted by atomic mass is 19.1. The van der Waals surface area contributed by atoms with E-state index < -0.39 is 0 Å². The molecule has 1 aliphatic rings. The second kappa shape index (κ2) is 9.11. The number of aromatic nitrogens is 1. The molecule has 3 rings (SSSR count). The van der Waals surface area contributed by atoms with E-state index in [1.54, 1.807) is 21.9 Å². The van der Waals surface area contributed by atoms with Crippen molar-refractivity contribution in [2.24, 2.45) is 5.92 Å². The number of rotatable bonds is 6. The summed E-state index contributed by atoms with van der Waals surface area (Å²) in [4.78, 5) is 29.1. The predicted octanol–water partition coefficient (Wildman–Crippen LogP) is 3.25. The van der Waals surface area contributed by atoms with Gasteiger partial charge in [-0.25, -0.2) is 9.18 Å². The second-order valence-electron chi connectivity index (χ2n) is 7.78. The lowest BCUT2D eigenvalue weighted by atomic mass is 9.99. The van der Waals surface area contributed by atoms with E-state index in [-0.39, 0.29) is 36.3 Å². The summed E-state index contributed by atoms with van der Waals surface area (Å²) < 4.78 is 15.6. The van der Waals surface area contributed by atoms with Gasteiger partial charge in [-0.05, 0) is 42.7 Å². The summed E-state index contributed by atoms with van der Waals surface area (Å²) in [6, 6.07) is 9.69. The Hall–Kier alpha value is -2.83. The van der Waals surface area contributed by atoms with Crippen LogP contribution in [0, 0.1) is 11.7 Å². The van der Waals surface area contributed by atoms with Gasteiger partial charge in [-0.2, -0.15) is 0 Å². The molecule has 0 unspecified atom stereocenters. The number of nitrogens with zero attached hydrogens (tertiary/aromatic N) is 3. The molecule has 7 heteroatoms. The minimum atomic E-state index is -0.308. The van der Waals surface area contributed by atoms with E-state index in [4.69, 9.17) is 0 Å². The van der Waals surface area contributed by atoms with Crippen molar-refractivity contribution < 1.29 is 14.0 Å². The fourth-order valence-electron chi connectivity index (χ4n) is 3.83. The summed E-state index contributed by atoms with van der Waals surface area (Å²) >= 11 is 0. The van der Waals surface area contributed by atoms with Gasteiger partial charge in [-0.1, -0.05) is 26.0 Å². The zero-order chi connectivity index (χ0) is 21.0. The molecule has 0 radical (unpaired) electrons. The summed E-state index contributed by atoms with van der Waals surface area (Å²) in [6.07, 6.45) is 1.99. The topological polar surface area (TPSA) is 57.6 Å². The summed E-state index contributed by atoms with van der Waals surface area (Å²) in [5, 5.41) is 2.79. The maximum absolute atomic E-state index is 13.5.